The zero-order valence-electron chi connectivity index (χ0n) is 24.8. The molecule has 8 N–H and O–H groups in total. The molecule has 4 rings (SSSR count). The number of aliphatic hydroxyl groups excluding tert-OH is 4. The standard InChI is InChI=1S/C27H42N6O11/c1-4-5-6-9-29-23(39)13-7-10-31(2)16(24(40)32(13)3)21(44-26-20(38)17(35)14(12-28)42-26)22-18(36)19(37)25(43-22)33-11-8-15(34)30-27(33)41/h7-8,11,14,16-22,25-26,35-38H,4-6,9-10,12,28H2,1-3H3,(H,29,39)(H,30,34,41)/t14-,16+,17-,18+,19-,20-,21+,22+,25-,26+/m1/s1. The first kappa shape index (κ1) is 33.9. The van der Waals surface area contributed by atoms with Gasteiger partial charge in [0.2, 0.25) is 5.91 Å². The van der Waals surface area contributed by atoms with Gasteiger partial charge in [-0.2, -0.15) is 0 Å². The quantitative estimate of drug-likeness (QED) is 0.116. The normalized spacial score (nSPS) is 33.7. The average molecular weight is 627 g/mol. The highest BCUT2D eigenvalue weighted by atomic mass is 16.7. The highest BCUT2D eigenvalue weighted by Crippen LogP contribution is 2.36. The van der Waals surface area contributed by atoms with Crippen LogP contribution in [0.4, 0.5) is 0 Å². The van der Waals surface area contributed by atoms with Crippen LogP contribution in [0.5, 0.6) is 0 Å². The van der Waals surface area contributed by atoms with E-state index in [4.69, 9.17) is 19.9 Å². The molecule has 0 unspecified atom stereocenters. The minimum Gasteiger partial charge on any atom is -0.387 e. The van der Waals surface area contributed by atoms with E-state index in [1.54, 1.807) is 13.1 Å². The molecule has 0 saturated carbocycles. The number of amides is 2. The Hall–Kier alpha value is -3.00. The maximum absolute atomic E-state index is 14.0. The summed E-state index contributed by atoms with van der Waals surface area (Å²) in [5, 5.41) is 46.0. The Bertz CT molecular complexity index is 1320. The van der Waals surface area contributed by atoms with Crippen molar-refractivity contribution in [1.29, 1.82) is 0 Å². The molecule has 44 heavy (non-hydrogen) atoms. The van der Waals surface area contributed by atoms with Gasteiger partial charge in [0.15, 0.2) is 12.5 Å². The lowest BCUT2D eigenvalue weighted by atomic mass is 9.97. The second-order valence-corrected chi connectivity index (χ2v) is 11.2. The highest BCUT2D eigenvalue weighted by Gasteiger charge is 2.55. The molecule has 2 saturated heterocycles. The lowest BCUT2D eigenvalue weighted by Crippen LogP contribution is -2.59. The molecular weight excluding hydrogens is 584 g/mol. The maximum Gasteiger partial charge on any atom is 0.330 e. The molecule has 0 aromatic carbocycles. The number of carbonyl (C=O) groups excluding carboxylic acids is 2. The summed E-state index contributed by atoms with van der Waals surface area (Å²) >= 11 is 0. The molecule has 0 spiro atoms. The molecule has 17 heteroatoms. The predicted molar refractivity (Wildman–Crippen MR) is 152 cm³/mol. The van der Waals surface area contributed by atoms with Crippen LogP contribution in [0, 0.1) is 0 Å². The number of nitrogens with one attached hydrogen (secondary N) is 2. The number of hydrogen-bond acceptors (Lipinski definition) is 13. The lowest BCUT2D eigenvalue weighted by Gasteiger charge is -2.38. The van der Waals surface area contributed by atoms with Crippen LogP contribution in [-0.4, -0.2) is 140 Å². The minimum atomic E-state index is -1.75. The van der Waals surface area contributed by atoms with Gasteiger partial charge in [0.05, 0.1) is 0 Å². The molecule has 0 aliphatic carbocycles. The second-order valence-electron chi connectivity index (χ2n) is 11.2. The number of nitrogens with zero attached hydrogens (tertiary/aromatic N) is 3. The van der Waals surface area contributed by atoms with Crippen molar-refractivity contribution >= 4 is 11.8 Å². The van der Waals surface area contributed by atoms with E-state index in [-0.39, 0.29) is 18.8 Å². The molecule has 0 bridgehead atoms. The number of likely N-dealkylation sites (N-methyl/N-ethyl adjacent to an activating group) is 2. The lowest BCUT2D eigenvalue weighted by molar-refractivity contribution is -0.232. The molecule has 4 heterocycles. The van der Waals surface area contributed by atoms with Crippen LogP contribution in [0.2, 0.25) is 0 Å². The Kier molecular flexibility index (Phi) is 11.1. The van der Waals surface area contributed by atoms with Gasteiger partial charge in [-0.3, -0.25) is 28.8 Å². The minimum absolute atomic E-state index is 0.0641. The van der Waals surface area contributed by atoms with Crippen LogP contribution in [0.1, 0.15) is 32.4 Å². The molecule has 2 fully saturated rings. The fourth-order valence-corrected chi connectivity index (χ4v) is 5.61. The number of rotatable bonds is 11. The third-order valence-corrected chi connectivity index (χ3v) is 8.17. The van der Waals surface area contributed by atoms with Gasteiger partial charge in [-0.15, -0.1) is 0 Å². The van der Waals surface area contributed by atoms with Gasteiger partial charge in [-0.1, -0.05) is 19.8 Å². The van der Waals surface area contributed by atoms with E-state index in [0.29, 0.717) is 6.54 Å². The van der Waals surface area contributed by atoms with Crippen molar-refractivity contribution in [3.05, 3.63) is 44.9 Å². The van der Waals surface area contributed by atoms with Gasteiger partial charge < -0.3 is 50.6 Å². The van der Waals surface area contributed by atoms with Crippen molar-refractivity contribution in [3.63, 3.8) is 0 Å². The predicted octanol–water partition coefficient (Wildman–Crippen LogP) is -4.09. The van der Waals surface area contributed by atoms with Crippen LogP contribution >= 0.6 is 0 Å². The third-order valence-electron chi connectivity index (χ3n) is 8.17. The van der Waals surface area contributed by atoms with E-state index in [1.165, 1.54) is 11.9 Å². The van der Waals surface area contributed by atoms with Crippen LogP contribution in [0.15, 0.2) is 33.6 Å². The van der Waals surface area contributed by atoms with Crippen molar-refractivity contribution < 1.29 is 44.2 Å². The SMILES string of the molecule is CCCCCNC(=O)C1=CCN(C)[C@@H]([C@H](O[C@@H]2O[C@H](CN)[C@@H](O)[C@H]2O)[C@H]2O[C@@H](n3ccc(=O)[nH]c3=O)[C@H](O)[C@@H]2O)C(=O)N1C. The molecule has 2 amide bonds. The van der Waals surface area contributed by atoms with Crippen LogP contribution in [-0.2, 0) is 23.8 Å². The van der Waals surface area contributed by atoms with Crippen molar-refractivity contribution in [1.82, 2.24) is 24.7 Å². The number of H-pyrrole nitrogens is 1. The summed E-state index contributed by atoms with van der Waals surface area (Å²) in [4.78, 5) is 55.8. The summed E-state index contributed by atoms with van der Waals surface area (Å²) in [6.07, 6.45) is -8.26. The Morgan fingerprint density at radius 1 is 1.11 bits per heavy atom. The van der Waals surface area contributed by atoms with E-state index in [2.05, 4.69) is 5.32 Å². The summed E-state index contributed by atoms with van der Waals surface area (Å²) < 4.78 is 18.5. The van der Waals surface area contributed by atoms with E-state index < -0.39 is 84.4 Å². The second kappa shape index (κ2) is 14.4. The number of carbonyl (C=O) groups is 2. The van der Waals surface area contributed by atoms with Crippen molar-refractivity contribution in [2.45, 2.75) is 87.5 Å². The number of aromatic nitrogens is 2. The summed E-state index contributed by atoms with van der Waals surface area (Å²) in [7, 11) is 2.97. The number of aromatic amines is 1. The highest BCUT2D eigenvalue weighted by molar-refractivity contribution is 5.99. The van der Waals surface area contributed by atoms with Crippen LogP contribution < -0.4 is 22.3 Å². The fourth-order valence-electron chi connectivity index (χ4n) is 5.61. The number of ether oxygens (including phenoxy) is 3. The van der Waals surface area contributed by atoms with E-state index in [9.17, 15) is 39.6 Å². The van der Waals surface area contributed by atoms with E-state index in [0.717, 1.165) is 41.0 Å². The van der Waals surface area contributed by atoms with Crippen molar-refractivity contribution in [3.8, 4) is 0 Å². The Morgan fingerprint density at radius 2 is 1.84 bits per heavy atom. The molecule has 0 radical (unpaired) electrons. The van der Waals surface area contributed by atoms with Crippen LogP contribution in [0.25, 0.3) is 0 Å². The third kappa shape index (κ3) is 6.80. The number of nitrogens with two attached hydrogens (primary N) is 1. The first-order valence-electron chi connectivity index (χ1n) is 14.6. The first-order chi connectivity index (χ1) is 20.9. The summed E-state index contributed by atoms with van der Waals surface area (Å²) in [5.74, 6) is -1.11. The zero-order valence-corrected chi connectivity index (χ0v) is 24.8. The largest absolute Gasteiger partial charge is 0.387 e. The molecule has 3 aliphatic heterocycles. The first-order valence-corrected chi connectivity index (χ1v) is 14.6. The van der Waals surface area contributed by atoms with Gasteiger partial charge in [0.1, 0.15) is 54.5 Å². The van der Waals surface area contributed by atoms with Crippen molar-refractivity contribution in [2.75, 3.05) is 33.7 Å². The average Bonchev–Trinajstić information content (AvgIpc) is 3.39. The van der Waals surface area contributed by atoms with E-state index in [1.807, 2.05) is 11.9 Å². The molecule has 1 aromatic rings. The zero-order chi connectivity index (χ0) is 32.3. The van der Waals surface area contributed by atoms with Crippen molar-refractivity contribution in [2.24, 2.45) is 5.73 Å². The summed E-state index contributed by atoms with van der Waals surface area (Å²) in [6, 6.07) is -0.273. The Labute approximate surface area is 252 Å². The summed E-state index contributed by atoms with van der Waals surface area (Å²) in [6.45, 7) is 2.36. The molecule has 17 nitrogen and oxygen atoms in total. The maximum atomic E-state index is 14.0. The fraction of sp³-hybridized carbons (Fsp3) is 0.704. The monoisotopic (exact) mass is 626 g/mol. The van der Waals surface area contributed by atoms with Gasteiger partial charge in [0, 0.05) is 38.9 Å². The summed E-state index contributed by atoms with van der Waals surface area (Å²) in [5.41, 5.74) is 4.12. The Morgan fingerprint density at radius 3 is 2.48 bits per heavy atom. The molecule has 246 valence electrons. The van der Waals surface area contributed by atoms with Gasteiger partial charge in [-0.25, -0.2) is 4.79 Å². The van der Waals surface area contributed by atoms with Crippen LogP contribution in [0.3, 0.4) is 0 Å². The van der Waals surface area contributed by atoms with Gasteiger partial charge in [0.25, 0.3) is 11.5 Å². The topological polar surface area (TPSA) is 242 Å². The molecule has 10 atom stereocenters. The molecule has 3 aliphatic rings. The van der Waals surface area contributed by atoms with Gasteiger partial charge in [-0.05, 0) is 19.5 Å². The van der Waals surface area contributed by atoms with E-state index >= 15 is 0 Å². The molecular formula is C27H42N6O11. The molecule has 1 aromatic heterocycles. The Balaban J connectivity index is 1.67. The number of hydrogen-bond donors (Lipinski definition) is 7. The van der Waals surface area contributed by atoms with Gasteiger partial charge >= 0.3 is 5.69 Å². The number of unbranched alkanes of at least 4 members (excludes halogenated alkanes) is 2. The smallest absolute Gasteiger partial charge is 0.330 e. The number of aliphatic hydroxyl groups is 4.